The Balaban J connectivity index is 3.09. The van der Waals surface area contributed by atoms with Gasteiger partial charge in [0.1, 0.15) is 0 Å². The fourth-order valence-electron chi connectivity index (χ4n) is 0.511. The lowest BCUT2D eigenvalue weighted by Gasteiger charge is -1.99. The lowest BCUT2D eigenvalue weighted by molar-refractivity contribution is -0.121. The van der Waals surface area contributed by atoms with E-state index in [4.69, 9.17) is 5.11 Å². The first-order chi connectivity index (χ1) is 4.81. The Morgan fingerprint density at radius 3 is 2.80 bits per heavy atom. The van der Waals surface area contributed by atoms with Crippen molar-refractivity contribution in [3.05, 3.63) is 0 Å². The summed E-state index contributed by atoms with van der Waals surface area (Å²) in [6.45, 7) is 0.399. The molecule has 0 aromatic rings. The molecule has 60 valence electrons. The molecule has 0 radical (unpaired) electrons. The van der Waals surface area contributed by atoms with Crippen LogP contribution in [0.5, 0.6) is 0 Å². The molecule has 3 nitrogen and oxygen atoms in total. The zero-order chi connectivity index (χ0) is 7.82. The number of carbonyl (C=O) groups is 1. The Hall–Kier alpha value is 0.160. The van der Waals surface area contributed by atoms with Gasteiger partial charge < -0.3 is 10.4 Å². The Labute approximate surface area is 74.3 Å². The molecular formula is C6H12INO2. The zero-order valence-electron chi connectivity index (χ0n) is 5.77. The molecule has 0 aliphatic carbocycles. The summed E-state index contributed by atoms with van der Waals surface area (Å²) in [5.74, 6) is 0.0331. The maximum Gasteiger partial charge on any atom is 0.220 e. The van der Waals surface area contributed by atoms with Crippen LogP contribution in [0.2, 0.25) is 0 Å². The largest absolute Gasteiger partial charge is 0.395 e. The first-order valence-electron chi connectivity index (χ1n) is 3.24. The highest BCUT2D eigenvalue weighted by Gasteiger charge is 1.96. The molecule has 1 amide bonds. The lowest BCUT2D eigenvalue weighted by atomic mass is 10.3. The molecule has 0 fully saturated rings. The molecule has 0 bridgehead atoms. The van der Waals surface area contributed by atoms with Crippen LogP contribution >= 0.6 is 22.6 Å². The molecule has 0 aliphatic heterocycles. The number of halogens is 1. The molecule has 0 rings (SSSR count). The van der Waals surface area contributed by atoms with Crippen molar-refractivity contribution in [2.24, 2.45) is 0 Å². The molecular weight excluding hydrogens is 245 g/mol. The smallest absolute Gasteiger partial charge is 0.220 e. The van der Waals surface area contributed by atoms with Gasteiger partial charge in [-0.05, 0) is 6.42 Å². The first-order valence-corrected chi connectivity index (χ1v) is 4.77. The van der Waals surface area contributed by atoms with E-state index in [-0.39, 0.29) is 12.5 Å². The number of amides is 1. The Morgan fingerprint density at radius 1 is 1.60 bits per heavy atom. The molecule has 2 N–H and O–H groups in total. The van der Waals surface area contributed by atoms with Crippen LogP contribution in [0.15, 0.2) is 0 Å². The number of rotatable bonds is 5. The van der Waals surface area contributed by atoms with Crippen LogP contribution < -0.4 is 5.32 Å². The second-order valence-electron chi connectivity index (χ2n) is 1.87. The Morgan fingerprint density at radius 2 is 2.30 bits per heavy atom. The predicted molar refractivity (Wildman–Crippen MR) is 48.2 cm³/mol. The summed E-state index contributed by atoms with van der Waals surface area (Å²) in [4.78, 5) is 10.7. The highest BCUT2D eigenvalue weighted by atomic mass is 127. The lowest BCUT2D eigenvalue weighted by Crippen LogP contribution is -2.25. The number of aliphatic hydroxyl groups excluding tert-OH is 1. The van der Waals surface area contributed by atoms with E-state index in [1.54, 1.807) is 0 Å². The van der Waals surface area contributed by atoms with Gasteiger partial charge in [-0.2, -0.15) is 0 Å². The first kappa shape index (κ1) is 10.2. The minimum absolute atomic E-state index is 0.0238. The maximum atomic E-state index is 10.7. The fraction of sp³-hybridized carbons (Fsp3) is 0.833. The maximum absolute atomic E-state index is 10.7. The summed E-state index contributed by atoms with van der Waals surface area (Å²) < 4.78 is 1.00. The van der Waals surface area contributed by atoms with E-state index in [2.05, 4.69) is 27.9 Å². The van der Waals surface area contributed by atoms with Gasteiger partial charge in [-0.15, -0.1) is 0 Å². The van der Waals surface area contributed by atoms with Crippen LogP contribution in [0.3, 0.4) is 0 Å². The van der Waals surface area contributed by atoms with Gasteiger partial charge in [0.2, 0.25) is 5.91 Å². The predicted octanol–water partition coefficient (Wildman–Crippen LogP) is 0.310. The van der Waals surface area contributed by atoms with Crippen molar-refractivity contribution in [1.29, 1.82) is 0 Å². The summed E-state index contributed by atoms with van der Waals surface area (Å²) in [7, 11) is 0. The minimum atomic E-state index is 0.0238. The minimum Gasteiger partial charge on any atom is -0.395 e. The average molecular weight is 257 g/mol. The van der Waals surface area contributed by atoms with E-state index in [1.807, 2.05) is 0 Å². The van der Waals surface area contributed by atoms with Gasteiger partial charge in [0.05, 0.1) is 6.61 Å². The summed E-state index contributed by atoms with van der Waals surface area (Å²) in [6, 6.07) is 0. The van der Waals surface area contributed by atoms with E-state index in [9.17, 15) is 4.79 Å². The quantitative estimate of drug-likeness (QED) is 0.550. The number of hydrogen-bond acceptors (Lipinski definition) is 2. The van der Waals surface area contributed by atoms with Crippen molar-refractivity contribution >= 4 is 28.5 Å². The molecule has 0 aromatic heterocycles. The van der Waals surface area contributed by atoms with Crippen LogP contribution in [0.1, 0.15) is 12.8 Å². The van der Waals surface area contributed by atoms with Crippen molar-refractivity contribution < 1.29 is 9.90 Å². The van der Waals surface area contributed by atoms with E-state index in [1.165, 1.54) is 0 Å². The van der Waals surface area contributed by atoms with Crippen LogP contribution in [0.25, 0.3) is 0 Å². The van der Waals surface area contributed by atoms with E-state index >= 15 is 0 Å². The average Bonchev–Trinajstić information content (AvgIpc) is 1.97. The van der Waals surface area contributed by atoms with Crippen LogP contribution in [-0.4, -0.2) is 28.6 Å². The summed E-state index contributed by atoms with van der Waals surface area (Å²) in [5, 5.41) is 10.9. The SMILES string of the molecule is O=C(CCCI)NCCO. The van der Waals surface area contributed by atoms with E-state index in [0.29, 0.717) is 13.0 Å². The van der Waals surface area contributed by atoms with Gasteiger partial charge in [0.15, 0.2) is 0 Å². The molecule has 0 saturated heterocycles. The van der Waals surface area contributed by atoms with Crippen molar-refractivity contribution in [1.82, 2.24) is 5.32 Å². The number of aliphatic hydroxyl groups is 1. The molecule has 0 aromatic carbocycles. The molecule has 0 spiro atoms. The van der Waals surface area contributed by atoms with Gasteiger partial charge in [0.25, 0.3) is 0 Å². The fourth-order valence-corrected chi connectivity index (χ4v) is 0.892. The zero-order valence-corrected chi connectivity index (χ0v) is 7.93. The molecule has 0 heterocycles. The molecule has 0 atom stereocenters. The van der Waals surface area contributed by atoms with Crippen LogP contribution in [0, 0.1) is 0 Å². The number of nitrogens with one attached hydrogen (secondary N) is 1. The van der Waals surface area contributed by atoms with Gasteiger partial charge in [0, 0.05) is 17.4 Å². The van der Waals surface area contributed by atoms with Crippen LogP contribution in [0.4, 0.5) is 0 Å². The Kier molecular flexibility index (Phi) is 7.39. The summed E-state index contributed by atoms with van der Waals surface area (Å²) in [5.41, 5.74) is 0. The third kappa shape index (κ3) is 6.28. The van der Waals surface area contributed by atoms with Gasteiger partial charge in [-0.3, -0.25) is 4.79 Å². The number of alkyl halides is 1. The summed E-state index contributed by atoms with van der Waals surface area (Å²) in [6.07, 6.45) is 1.49. The Bertz CT molecular complexity index is 87.7. The van der Waals surface area contributed by atoms with Crippen molar-refractivity contribution in [2.75, 3.05) is 17.6 Å². The topological polar surface area (TPSA) is 49.3 Å². The van der Waals surface area contributed by atoms with Gasteiger partial charge in [-0.1, -0.05) is 22.6 Å². The van der Waals surface area contributed by atoms with Crippen molar-refractivity contribution in [3.63, 3.8) is 0 Å². The van der Waals surface area contributed by atoms with E-state index < -0.39 is 0 Å². The third-order valence-electron chi connectivity index (χ3n) is 0.971. The summed E-state index contributed by atoms with van der Waals surface area (Å²) >= 11 is 2.23. The molecule has 4 heteroatoms. The van der Waals surface area contributed by atoms with Gasteiger partial charge >= 0.3 is 0 Å². The molecule has 0 saturated carbocycles. The normalized spacial score (nSPS) is 9.40. The van der Waals surface area contributed by atoms with E-state index in [0.717, 1.165) is 10.8 Å². The third-order valence-corrected chi connectivity index (χ3v) is 1.73. The molecule has 0 unspecified atom stereocenters. The highest BCUT2D eigenvalue weighted by molar-refractivity contribution is 14.1. The molecule has 0 aliphatic rings. The number of hydrogen-bond donors (Lipinski definition) is 2. The van der Waals surface area contributed by atoms with Crippen molar-refractivity contribution in [3.8, 4) is 0 Å². The monoisotopic (exact) mass is 257 g/mol. The van der Waals surface area contributed by atoms with Crippen LogP contribution in [-0.2, 0) is 4.79 Å². The standard InChI is InChI=1S/C6H12INO2/c7-3-1-2-6(10)8-4-5-9/h9H,1-5H2,(H,8,10). The van der Waals surface area contributed by atoms with Gasteiger partial charge in [-0.25, -0.2) is 0 Å². The van der Waals surface area contributed by atoms with Crippen molar-refractivity contribution in [2.45, 2.75) is 12.8 Å². The second-order valence-corrected chi connectivity index (χ2v) is 2.94. The molecule has 10 heavy (non-hydrogen) atoms. The highest BCUT2D eigenvalue weighted by Crippen LogP contribution is 1.93. The second kappa shape index (κ2) is 7.27. The number of carbonyl (C=O) groups excluding carboxylic acids is 1.